The van der Waals surface area contributed by atoms with Gasteiger partial charge in [0, 0.05) is 5.56 Å². The molecule has 0 saturated heterocycles. The molecule has 0 aliphatic rings. The number of nitrogens with one attached hydrogen (secondary N) is 1. The predicted molar refractivity (Wildman–Crippen MR) is 93.6 cm³/mol. The van der Waals surface area contributed by atoms with Gasteiger partial charge in [-0.05, 0) is 36.8 Å². The number of carbonyl (C=O) groups excluding carboxylic acids is 1. The number of halogens is 1. The monoisotopic (exact) mass is 339 g/mol. The zero-order valence-electron chi connectivity index (χ0n) is 13.9. The van der Waals surface area contributed by atoms with Crippen molar-refractivity contribution in [2.45, 2.75) is 13.0 Å². The van der Waals surface area contributed by atoms with E-state index >= 15 is 0 Å². The average Bonchev–Trinajstić information content (AvgIpc) is 3.13. The van der Waals surface area contributed by atoms with Crippen LogP contribution >= 0.6 is 0 Å². The van der Waals surface area contributed by atoms with E-state index in [9.17, 15) is 9.18 Å². The van der Waals surface area contributed by atoms with Crippen molar-refractivity contribution in [2.75, 3.05) is 11.9 Å². The molecule has 0 spiro atoms. The molecule has 0 saturated carbocycles. The van der Waals surface area contributed by atoms with Gasteiger partial charge in [0.15, 0.2) is 18.3 Å². The minimum atomic E-state index is -0.431. The normalized spacial score (nSPS) is 11.9. The molecule has 0 radical (unpaired) electrons. The van der Waals surface area contributed by atoms with Crippen LogP contribution in [0.15, 0.2) is 71.3 Å². The van der Waals surface area contributed by atoms with Gasteiger partial charge < -0.3 is 15.1 Å². The van der Waals surface area contributed by atoms with Crippen molar-refractivity contribution in [1.82, 2.24) is 0 Å². The van der Waals surface area contributed by atoms with Gasteiger partial charge in [-0.3, -0.25) is 4.79 Å². The van der Waals surface area contributed by atoms with Crippen LogP contribution in [0.5, 0.6) is 0 Å². The fourth-order valence-electron chi connectivity index (χ4n) is 2.69. The number of quaternary nitrogens is 1. The highest BCUT2D eigenvalue weighted by Gasteiger charge is 2.21. The third-order valence-corrected chi connectivity index (χ3v) is 3.95. The maximum atomic E-state index is 13.9. The molecule has 25 heavy (non-hydrogen) atoms. The van der Waals surface area contributed by atoms with Gasteiger partial charge in [-0.2, -0.15) is 0 Å². The van der Waals surface area contributed by atoms with Crippen LogP contribution in [0, 0.1) is 12.7 Å². The van der Waals surface area contributed by atoms with Gasteiger partial charge in [0.25, 0.3) is 5.91 Å². The Kier molecular flexibility index (Phi) is 5.26. The zero-order chi connectivity index (χ0) is 17.6. The SMILES string of the molecule is Cc1ccc(NC(=O)C[NH2+][C@@H](c2ccccc2)c2ccco2)c(F)c1. The molecule has 3 N–H and O–H groups in total. The molecule has 128 valence electrons. The van der Waals surface area contributed by atoms with E-state index in [-0.39, 0.29) is 24.2 Å². The van der Waals surface area contributed by atoms with Crippen LogP contribution in [0.1, 0.15) is 22.9 Å². The predicted octanol–water partition coefficient (Wildman–Crippen LogP) is 3.02. The highest BCUT2D eigenvalue weighted by Crippen LogP contribution is 2.18. The smallest absolute Gasteiger partial charge is 0.279 e. The van der Waals surface area contributed by atoms with Crippen LogP contribution in [0.4, 0.5) is 10.1 Å². The Labute approximate surface area is 145 Å². The fraction of sp³-hybridized carbons (Fsp3) is 0.150. The van der Waals surface area contributed by atoms with Gasteiger partial charge in [-0.15, -0.1) is 0 Å². The van der Waals surface area contributed by atoms with Crippen molar-refractivity contribution >= 4 is 11.6 Å². The van der Waals surface area contributed by atoms with Gasteiger partial charge in [0.2, 0.25) is 0 Å². The Hall–Kier alpha value is -2.92. The van der Waals surface area contributed by atoms with Crippen LogP contribution in [-0.4, -0.2) is 12.5 Å². The van der Waals surface area contributed by atoms with E-state index in [0.29, 0.717) is 0 Å². The molecule has 4 nitrogen and oxygen atoms in total. The molecule has 1 atom stereocenters. The summed E-state index contributed by atoms with van der Waals surface area (Å²) in [5, 5.41) is 4.48. The van der Waals surface area contributed by atoms with Crippen molar-refractivity contribution in [3.63, 3.8) is 0 Å². The number of furan rings is 1. The molecule has 1 amide bonds. The van der Waals surface area contributed by atoms with E-state index in [2.05, 4.69) is 5.32 Å². The number of hydrogen-bond acceptors (Lipinski definition) is 2. The Balaban J connectivity index is 1.68. The Bertz CT molecular complexity index is 832. The molecule has 1 heterocycles. The van der Waals surface area contributed by atoms with Crippen molar-refractivity contribution in [1.29, 1.82) is 0 Å². The first-order chi connectivity index (χ1) is 12.1. The molecule has 0 aliphatic heterocycles. The fourth-order valence-corrected chi connectivity index (χ4v) is 2.69. The number of hydrogen-bond donors (Lipinski definition) is 2. The first kappa shape index (κ1) is 16.9. The topological polar surface area (TPSA) is 58.9 Å². The van der Waals surface area contributed by atoms with Crippen molar-refractivity contribution in [2.24, 2.45) is 0 Å². The van der Waals surface area contributed by atoms with Crippen LogP contribution < -0.4 is 10.6 Å². The summed E-state index contributed by atoms with van der Waals surface area (Å²) in [7, 11) is 0. The lowest BCUT2D eigenvalue weighted by Crippen LogP contribution is -2.87. The number of amides is 1. The Morgan fingerprint density at radius 2 is 1.96 bits per heavy atom. The summed E-state index contributed by atoms with van der Waals surface area (Å²) in [5.74, 6) is 0.0646. The maximum absolute atomic E-state index is 13.9. The average molecular weight is 339 g/mol. The van der Waals surface area contributed by atoms with Crippen LogP contribution in [0.2, 0.25) is 0 Å². The van der Waals surface area contributed by atoms with Gasteiger partial charge in [-0.25, -0.2) is 4.39 Å². The lowest BCUT2D eigenvalue weighted by Gasteiger charge is -2.14. The van der Waals surface area contributed by atoms with Crippen molar-refractivity contribution < 1.29 is 18.9 Å². The molecule has 0 unspecified atom stereocenters. The number of carbonyl (C=O) groups is 1. The standard InChI is InChI=1S/C20H19FN2O2/c1-14-9-10-17(16(21)12-14)23-19(24)13-22-20(18-8-5-11-25-18)15-6-3-2-4-7-15/h2-12,20,22H,13H2,1H3,(H,23,24)/p+1/t20-/m0/s1. The summed E-state index contributed by atoms with van der Waals surface area (Å²) in [6.45, 7) is 1.95. The minimum Gasteiger partial charge on any atom is -0.463 e. The van der Waals surface area contributed by atoms with Gasteiger partial charge >= 0.3 is 0 Å². The largest absolute Gasteiger partial charge is 0.463 e. The van der Waals surface area contributed by atoms with Crippen molar-refractivity contribution in [3.05, 3.63) is 89.6 Å². The van der Waals surface area contributed by atoms with Gasteiger partial charge in [0.1, 0.15) is 5.82 Å². The van der Waals surface area contributed by atoms with Crippen molar-refractivity contribution in [3.8, 4) is 0 Å². The third kappa shape index (κ3) is 4.33. The van der Waals surface area contributed by atoms with E-state index in [1.165, 1.54) is 6.07 Å². The highest BCUT2D eigenvalue weighted by atomic mass is 19.1. The molecular formula is C20H20FN2O2+. The lowest BCUT2D eigenvalue weighted by atomic mass is 10.0. The third-order valence-electron chi connectivity index (χ3n) is 3.95. The van der Waals surface area contributed by atoms with Gasteiger partial charge in [0.05, 0.1) is 12.0 Å². The highest BCUT2D eigenvalue weighted by molar-refractivity contribution is 5.91. The van der Waals surface area contributed by atoms with E-state index in [1.54, 1.807) is 25.3 Å². The second kappa shape index (κ2) is 7.77. The molecule has 0 aliphatic carbocycles. The minimum absolute atomic E-state index is 0.134. The molecule has 3 aromatic rings. The second-order valence-electron chi connectivity index (χ2n) is 5.88. The molecule has 0 fully saturated rings. The van der Waals surface area contributed by atoms with Gasteiger partial charge in [-0.1, -0.05) is 36.4 Å². The molecule has 2 aromatic carbocycles. The number of anilines is 1. The number of rotatable bonds is 6. The number of benzene rings is 2. The van der Waals surface area contributed by atoms with E-state index in [1.807, 2.05) is 47.8 Å². The first-order valence-electron chi connectivity index (χ1n) is 8.11. The molecular weight excluding hydrogens is 319 g/mol. The molecule has 3 rings (SSSR count). The summed E-state index contributed by atoms with van der Waals surface area (Å²) >= 11 is 0. The molecule has 1 aromatic heterocycles. The summed E-state index contributed by atoms with van der Waals surface area (Å²) in [6, 6.07) is 18.1. The van der Waals surface area contributed by atoms with E-state index in [0.717, 1.165) is 16.9 Å². The zero-order valence-corrected chi connectivity index (χ0v) is 13.9. The quantitative estimate of drug-likeness (QED) is 0.725. The second-order valence-corrected chi connectivity index (χ2v) is 5.88. The number of aryl methyl sites for hydroxylation is 1. The summed E-state index contributed by atoms with van der Waals surface area (Å²) < 4.78 is 19.4. The lowest BCUT2D eigenvalue weighted by molar-refractivity contribution is -0.678. The molecule has 5 heteroatoms. The Morgan fingerprint density at radius 1 is 1.16 bits per heavy atom. The Morgan fingerprint density at radius 3 is 2.64 bits per heavy atom. The first-order valence-corrected chi connectivity index (χ1v) is 8.11. The number of nitrogens with two attached hydrogens (primary N) is 1. The van der Waals surface area contributed by atoms with E-state index < -0.39 is 5.82 Å². The molecule has 0 bridgehead atoms. The summed E-state index contributed by atoms with van der Waals surface area (Å²) in [5.41, 5.74) is 2.04. The van der Waals surface area contributed by atoms with E-state index in [4.69, 9.17) is 4.42 Å². The summed E-state index contributed by atoms with van der Waals surface area (Å²) in [6.07, 6.45) is 1.61. The van der Waals surface area contributed by atoms with Crippen LogP contribution in [-0.2, 0) is 4.79 Å². The maximum Gasteiger partial charge on any atom is 0.279 e. The van der Waals surface area contributed by atoms with Crippen LogP contribution in [0.3, 0.4) is 0 Å². The van der Waals surface area contributed by atoms with Crippen LogP contribution in [0.25, 0.3) is 0 Å². The summed E-state index contributed by atoms with van der Waals surface area (Å²) in [4.78, 5) is 12.2.